The Morgan fingerprint density at radius 1 is 1.26 bits per heavy atom. The van der Waals surface area contributed by atoms with Gasteiger partial charge in [-0.1, -0.05) is 53.2 Å². The number of halogens is 1. The van der Waals surface area contributed by atoms with Gasteiger partial charge in [-0.15, -0.1) is 0 Å². The number of benzene rings is 2. The molecule has 1 aromatic heterocycles. The number of nitrogens with zero attached hydrogens (tertiary/aromatic N) is 1. The van der Waals surface area contributed by atoms with Crippen LogP contribution in [0.15, 0.2) is 52.1 Å². The Bertz CT molecular complexity index is 830. The standard InChI is InChI=1S/C17H15ClN2O2S/c1-11-2-4-12(5-3-11)9-19-16(21)10-23-17-20-14-8-13(18)6-7-15(14)22-17/h2-8H,9-10H2,1H3,(H,19,21). The van der Waals surface area contributed by atoms with Crippen LogP contribution in [0.4, 0.5) is 0 Å². The smallest absolute Gasteiger partial charge is 0.257 e. The van der Waals surface area contributed by atoms with Crippen molar-refractivity contribution in [3.05, 3.63) is 58.6 Å². The van der Waals surface area contributed by atoms with E-state index in [4.69, 9.17) is 16.0 Å². The van der Waals surface area contributed by atoms with Crippen molar-refractivity contribution in [1.29, 1.82) is 0 Å². The zero-order chi connectivity index (χ0) is 16.2. The Labute approximate surface area is 143 Å². The molecule has 118 valence electrons. The molecule has 0 aliphatic rings. The molecule has 1 heterocycles. The highest BCUT2D eigenvalue weighted by molar-refractivity contribution is 7.99. The van der Waals surface area contributed by atoms with Crippen molar-refractivity contribution in [2.45, 2.75) is 18.7 Å². The van der Waals surface area contributed by atoms with Gasteiger partial charge in [0.2, 0.25) is 5.91 Å². The maximum atomic E-state index is 11.9. The molecule has 0 atom stereocenters. The molecule has 0 saturated carbocycles. The van der Waals surface area contributed by atoms with Crippen molar-refractivity contribution in [3.63, 3.8) is 0 Å². The summed E-state index contributed by atoms with van der Waals surface area (Å²) < 4.78 is 5.56. The van der Waals surface area contributed by atoms with Crippen LogP contribution in [0, 0.1) is 6.92 Å². The second-order valence-electron chi connectivity index (χ2n) is 5.14. The maximum Gasteiger partial charge on any atom is 0.257 e. The number of hydrogen-bond donors (Lipinski definition) is 1. The molecule has 3 rings (SSSR count). The Hall–Kier alpha value is -1.98. The first-order valence-corrected chi connectivity index (χ1v) is 8.47. The van der Waals surface area contributed by atoms with Gasteiger partial charge in [0, 0.05) is 11.6 Å². The van der Waals surface area contributed by atoms with E-state index in [1.165, 1.54) is 17.3 Å². The molecule has 1 N–H and O–H groups in total. The highest BCUT2D eigenvalue weighted by atomic mass is 35.5. The topological polar surface area (TPSA) is 55.1 Å². The van der Waals surface area contributed by atoms with E-state index in [-0.39, 0.29) is 11.7 Å². The number of carbonyl (C=O) groups is 1. The molecule has 0 aliphatic carbocycles. The van der Waals surface area contributed by atoms with Gasteiger partial charge in [-0.25, -0.2) is 4.98 Å². The molecule has 0 radical (unpaired) electrons. The van der Waals surface area contributed by atoms with Gasteiger partial charge < -0.3 is 9.73 Å². The maximum absolute atomic E-state index is 11.9. The number of thioether (sulfide) groups is 1. The lowest BCUT2D eigenvalue weighted by atomic mass is 10.1. The summed E-state index contributed by atoms with van der Waals surface area (Å²) in [6.45, 7) is 2.55. The Balaban J connectivity index is 1.52. The van der Waals surface area contributed by atoms with Crippen molar-refractivity contribution < 1.29 is 9.21 Å². The Morgan fingerprint density at radius 2 is 2.04 bits per heavy atom. The lowest BCUT2D eigenvalue weighted by Gasteiger charge is -2.04. The fourth-order valence-corrected chi connectivity index (χ4v) is 2.86. The van der Waals surface area contributed by atoms with Gasteiger partial charge in [0.25, 0.3) is 5.22 Å². The number of nitrogens with one attached hydrogen (secondary N) is 1. The fraction of sp³-hybridized carbons (Fsp3) is 0.176. The van der Waals surface area contributed by atoms with Crippen LogP contribution in [0.1, 0.15) is 11.1 Å². The van der Waals surface area contributed by atoms with Crippen LogP contribution in [0.25, 0.3) is 11.1 Å². The molecule has 0 saturated heterocycles. The lowest BCUT2D eigenvalue weighted by Crippen LogP contribution is -2.24. The van der Waals surface area contributed by atoms with Crippen molar-refractivity contribution in [1.82, 2.24) is 10.3 Å². The van der Waals surface area contributed by atoms with Crippen LogP contribution in [-0.4, -0.2) is 16.6 Å². The molecule has 1 amide bonds. The second-order valence-corrected chi connectivity index (χ2v) is 6.51. The molecule has 0 fully saturated rings. The van der Waals surface area contributed by atoms with Crippen LogP contribution in [0.3, 0.4) is 0 Å². The highest BCUT2D eigenvalue weighted by Crippen LogP contribution is 2.25. The summed E-state index contributed by atoms with van der Waals surface area (Å²) in [4.78, 5) is 16.2. The first-order chi connectivity index (χ1) is 11.1. The quantitative estimate of drug-likeness (QED) is 0.703. The summed E-state index contributed by atoms with van der Waals surface area (Å²) in [6, 6.07) is 13.3. The van der Waals surface area contributed by atoms with Crippen LogP contribution in [-0.2, 0) is 11.3 Å². The molecule has 4 nitrogen and oxygen atoms in total. The van der Waals surface area contributed by atoms with Crippen LogP contribution in [0.5, 0.6) is 0 Å². The molecule has 0 aliphatic heterocycles. The number of oxazole rings is 1. The summed E-state index contributed by atoms with van der Waals surface area (Å²) in [5.41, 5.74) is 3.63. The zero-order valence-electron chi connectivity index (χ0n) is 12.5. The summed E-state index contributed by atoms with van der Waals surface area (Å²) in [7, 11) is 0. The minimum Gasteiger partial charge on any atom is -0.431 e. The number of aromatic nitrogens is 1. The van der Waals surface area contributed by atoms with E-state index < -0.39 is 0 Å². The van der Waals surface area contributed by atoms with E-state index in [1.807, 2.05) is 31.2 Å². The third-order valence-electron chi connectivity index (χ3n) is 3.27. The van der Waals surface area contributed by atoms with Gasteiger partial charge in [-0.2, -0.15) is 0 Å². The van der Waals surface area contributed by atoms with E-state index in [0.29, 0.717) is 27.9 Å². The number of aryl methyl sites for hydroxylation is 1. The number of fused-ring (bicyclic) bond motifs is 1. The van der Waals surface area contributed by atoms with Gasteiger partial charge in [-0.3, -0.25) is 4.79 Å². The number of amides is 1. The Morgan fingerprint density at radius 3 is 2.83 bits per heavy atom. The number of hydrogen-bond acceptors (Lipinski definition) is 4. The molecule has 3 aromatic rings. The summed E-state index contributed by atoms with van der Waals surface area (Å²) in [5.74, 6) is 0.197. The second kappa shape index (κ2) is 7.06. The van der Waals surface area contributed by atoms with E-state index in [0.717, 1.165) is 5.56 Å². The predicted molar refractivity (Wildman–Crippen MR) is 92.8 cm³/mol. The summed E-state index contributed by atoms with van der Waals surface area (Å²) in [6.07, 6.45) is 0. The van der Waals surface area contributed by atoms with E-state index in [1.54, 1.807) is 18.2 Å². The monoisotopic (exact) mass is 346 g/mol. The average Bonchev–Trinajstić information content (AvgIpc) is 2.94. The van der Waals surface area contributed by atoms with Crippen molar-refractivity contribution in [2.75, 3.05) is 5.75 Å². The SMILES string of the molecule is Cc1ccc(CNC(=O)CSc2nc3cc(Cl)ccc3o2)cc1. The predicted octanol–water partition coefficient (Wildman–Crippen LogP) is 4.20. The third kappa shape index (κ3) is 4.27. The van der Waals surface area contributed by atoms with Crippen LogP contribution < -0.4 is 5.32 Å². The van der Waals surface area contributed by atoms with Crippen molar-refractivity contribution >= 4 is 40.4 Å². The highest BCUT2D eigenvalue weighted by Gasteiger charge is 2.09. The molecule has 2 aromatic carbocycles. The van der Waals surface area contributed by atoms with E-state index in [2.05, 4.69) is 10.3 Å². The minimum absolute atomic E-state index is 0.0594. The van der Waals surface area contributed by atoms with E-state index >= 15 is 0 Å². The van der Waals surface area contributed by atoms with Crippen LogP contribution >= 0.6 is 23.4 Å². The van der Waals surface area contributed by atoms with Gasteiger partial charge in [-0.05, 0) is 30.7 Å². The van der Waals surface area contributed by atoms with Gasteiger partial charge in [0.15, 0.2) is 5.58 Å². The van der Waals surface area contributed by atoms with Crippen molar-refractivity contribution in [3.8, 4) is 0 Å². The molecular formula is C17H15ClN2O2S. The van der Waals surface area contributed by atoms with Crippen LogP contribution in [0.2, 0.25) is 5.02 Å². The Kier molecular flexibility index (Phi) is 4.88. The summed E-state index contributed by atoms with van der Waals surface area (Å²) >= 11 is 7.18. The van der Waals surface area contributed by atoms with Gasteiger partial charge in [0.05, 0.1) is 5.75 Å². The first kappa shape index (κ1) is 15.9. The van der Waals surface area contributed by atoms with Gasteiger partial charge in [0.1, 0.15) is 5.52 Å². The van der Waals surface area contributed by atoms with Crippen molar-refractivity contribution in [2.24, 2.45) is 0 Å². The molecular weight excluding hydrogens is 332 g/mol. The van der Waals surface area contributed by atoms with Gasteiger partial charge >= 0.3 is 0 Å². The molecule has 23 heavy (non-hydrogen) atoms. The first-order valence-electron chi connectivity index (χ1n) is 7.11. The summed E-state index contributed by atoms with van der Waals surface area (Å²) in [5, 5.41) is 3.96. The molecule has 6 heteroatoms. The molecule has 0 bridgehead atoms. The fourth-order valence-electron chi connectivity index (χ4n) is 2.03. The average molecular weight is 347 g/mol. The number of carbonyl (C=O) groups excluding carboxylic acids is 1. The molecule has 0 unspecified atom stereocenters. The normalized spacial score (nSPS) is 10.9. The number of rotatable bonds is 5. The third-order valence-corrected chi connectivity index (χ3v) is 4.33. The van der Waals surface area contributed by atoms with E-state index in [9.17, 15) is 4.79 Å². The minimum atomic E-state index is -0.0594. The largest absolute Gasteiger partial charge is 0.431 e. The lowest BCUT2D eigenvalue weighted by molar-refractivity contribution is -0.118. The zero-order valence-corrected chi connectivity index (χ0v) is 14.1. The molecule has 0 spiro atoms.